The van der Waals surface area contributed by atoms with E-state index < -0.39 is 0 Å². The molecule has 0 unspecified atom stereocenters. The van der Waals surface area contributed by atoms with Crippen LogP contribution in [0, 0.1) is 0 Å². The predicted octanol–water partition coefficient (Wildman–Crippen LogP) is 4.05. The van der Waals surface area contributed by atoms with Crippen molar-refractivity contribution in [2.45, 2.75) is 6.54 Å². The van der Waals surface area contributed by atoms with Crippen LogP contribution in [0.15, 0.2) is 30.3 Å². The molecule has 1 N–H and O–H groups in total. The zero-order chi connectivity index (χ0) is 14.7. The first-order valence-electron chi connectivity index (χ1n) is 5.96. The Labute approximate surface area is 132 Å². The van der Waals surface area contributed by atoms with Gasteiger partial charge < -0.3 is 10.2 Å². The fourth-order valence-electron chi connectivity index (χ4n) is 1.68. The van der Waals surface area contributed by atoms with Crippen molar-refractivity contribution >= 4 is 46.1 Å². The lowest BCUT2D eigenvalue weighted by atomic mass is 10.2. The fraction of sp³-hybridized carbons (Fsp3) is 0.214. The van der Waals surface area contributed by atoms with Crippen LogP contribution in [0.25, 0.3) is 0 Å². The summed E-state index contributed by atoms with van der Waals surface area (Å²) in [5, 5.41) is 2.83. The molecule has 0 aliphatic carbocycles. The maximum Gasteiger partial charge on any atom is 0.253 e. The molecule has 0 saturated heterocycles. The van der Waals surface area contributed by atoms with Gasteiger partial charge in [0.2, 0.25) is 0 Å². The van der Waals surface area contributed by atoms with Crippen molar-refractivity contribution in [1.29, 1.82) is 0 Å². The summed E-state index contributed by atoms with van der Waals surface area (Å²) in [6.45, 7) is 0.455. The minimum Gasteiger partial charge on any atom is -0.378 e. The highest BCUT2D eigenvalue weighted by Gasteiger charge is 2.13. The molecule has 1 heterocycles. The van der Waals surface area contributed by atoms with Gasteiger partial charge in [0.15, 0.2) is 0 Å². The third-order valence-corrected chi connectivity index (χ3v) is 4.29. The van der Waals surface area contributed by atoms with Crippen molar-refractivity contribution < 1.29 is 4.79 Å². The number of carbonyl (C=O) groups is 1. The van der Waals surface area contributed by atoms with E-state index in [0.717, 1.165) is 11.3 Å². The van der Waals surface area contributed by atoms with E-state index >= 15 is 0 Å². The Balaban J connectivity index is 1.98. The second kappa shape index (κ2) is 6.48. The summed E-state index contributed by atoms with van der Waals surface area (Å²) in [6, 6.07) is 9.57. The molecule has 2 rings (SSSR count). The van der Waals surface area contributed by atoms with Crippen LogP contribution in [0.5, 0.6) is 0 Å². The van der Waals surface area contributed by atoms with Crippen LogP contribution in [-0.2, 0) is 6.54 Å². The Morgan fingerprint density at radius 3 is 2.40 bits per heavy atom. The summed E-state index contributed by atoms with van der Waals surface area (Å²) < 4.78 is 0.922. The Bertz CT molecular complexity index is 608. The van der Waals surface area contributed by atoms with Gasteiger partial charge in [0, 0.05) is 26.3 Å². The summed E-state index contributed by atoms with van der Waals surface area (Å²) >= 11 is 13.0. The quantitative estimate of drug-likeness (QED) is 0.918. The molecule has 0 aliphatic heterocycles. The summed E-state index contributed by atoms with van der Waals surface area (Å²) in [5.41, 5.74) is 2.57. The van der Waals surface area contributed by atoms with Crippen LogP contribution in [0.2, 0.25) is 8.67 Å². The summed E-state index contributed by atoms with van der Waals surface area (Å²) in [7, 11) is 3.97. The number of benzene rings is 1. The second-order valence-electron chi connectivity index (χ2n) is 4.48. The lowest BCUT2D eigenvalue weighted by Crippen LogP contribution is -2.22. The van der Waals surface area contributed by atoms with Gasteiger partial charge >= 0.3 is 0 Å². The molecule has 1 amide bonds. The van der Waals surface area contributed by atoms with E-state index in [1.54, 1.807) is 6.07 Å². The maximum absolute atomic E-state index is 12.0. The molecule has 0 fully saturated rings. The molecule has 1 aromatic heterocycles. The van der Waals surface area contributed by atoms with E-state index in [4.69, 9.17) is 23.2 Å². The highest BCUT2D eigenvalue weighted by atomic mass is 35.5. The van der Waals surface area contributed by atoms with Gasteiger partial charge in [-0.3, -0.25) is 4.79 Å². The number of thiophene rings is 1. The number of hydrogen-bond acceptors (Lipinski definition) is 3. The van der Waals surface area contributed by atoms with Gasteiger partial charge in [0.25, 0.3) is 5.91 Å². The smallest absolute Gasteiger partial charge is 0.253 e. The average Bonchev–Trinajstić information content (AvgIpc) is 2.75. The van der Waals surface area contributed by atoms with Gasteiger partial charge in [-0.25, -0.2) is 0 Å². The number of carbonyl (C=O) groups excluding carboxylic acids is 1. The SMILES string of the molecule is CN(C)c1ccc(CNC(=O)c2cc(Cl)sc2Cl)cc1. The van der Waals surface area contributed by atoms with Crippen LogP contribution in [-0.4, -0.2) is 20.0 Å². The molecule has 0 saturated carbocycles. The Hall–Kier alpha value is -1.23. The minimum atomic E-state index is -0.213. The van der Waals surface area contributed by atoms with Crippen molar-refractivity contribution in [3.05, 3.63) is 50.1 Å². The summed E-state index contributed by atoms with van der Waals surface area (Å²) in [5.74, 6) is -0.213. The van der Waals surface area contributed by atoms with E-state index in [1.165, 1.54) is 11.3 Å². The van der Waals surface area contributed by atoms with Crippen molar-refractivity contribution in [2.24, 2.45) is 0 Å². The molecule has 6 heteroatoms. The zero-order valence-corrected chi connectivity index (χ0v) is 13.4. The normalized spacial score (nSPS) is 10.4. The highest BCUT2D eigenvalue weighted by Crippen LogP contribution is 2.31. The lowest BCUT2D eigenvalue weighted by Gasteiger charge is -2.12. The predicted molar refractivity (Wildman–Crippen MR) is 86.3 cm³/mol. The van der Waals surface area contributed by atoms with Crippen molar-refractivity contribution in [2.75, 3.05) is 19.0 Å². The fourth-order valence-corrected chi connectivity index (χ4v) is 3.14. The highest BCUT2D eigenvalue weighted by molar-refractivity contribution is 7.20. The molecule has 1 aromatic carbocycles. The number of rotatable bonds is 4. The number of amides is 1. The van der Waals surface area contributed by atoms with Gasteiger partial charge in [-0.05, 0) is 23.8 Å². The van der Waals surface area contributed by atoms with E-state index in [1.807, 2.05) is 43.3 Å². The van der Waals surface area contributed by atoms with E-state index in [9.17, 15) is 4.79 Å². The van der Waals surface area contributed by atoms with Crippen LogP contribution in [0.4, 0.5) is 5.69 Å². The number of hydrogen-bond donors (Lipinski definition) is 1. The molecule has 0 bridgehead atoms. The van der Waals surface area contributed by atoms with E-state index in [2.05, 4.69) is 5.32 Å². The molecule has 106 valence electrons. The second-order valence-corrected chi connectivity index (χ2v) is 6.77. The van der Waals surface area contributed by atoms with Crippen molar-refractivity contribution in [1.82, 2.24) is 5.32 Å². The van der Waals surface area contributed by atoms with Crippen LogP contribution in [0.1, 0.15) is 15.9 Å². The third-order valence-electron chi connectivity index (χ3n) is 2.81. The van der Waals surface area contributed by atoms with Crippen LogP contribution < -0.4 is 10.2 Å². The van der Waals surface area contributed by atoms with Crippen LogP contribution in [0.3, 0.4) is 0 Å². The Morgan fingerprint density at radius 2 is 1.90 bits per heavy atom. The van der Waals surface area contributed by atoms with Crippen molar-refractivity contribution in [3.8, 4) is 0 Å². The topological polar surface area (TPSA) is 32.3 Å². The molecular weight excluding hydrogens is 315 g/mol. The Kier molecular flexibility index (Phi) is 4.91. The molecule has 0 atom stereocenters. The largest absolute Gasteiger partial charge is 0.378 e. The van der Waals surface area contributed by atoms with Crippen LogP contribution >= 0.6 is 34.5 Å². The third kappa shape index (κ3) is 3.66. The minimum absolute atomic E-state index is 0.213. The number of nitrogens with zero attached hydrogens (tertiary/aromatic N) is 1. The zero-order valence-electron chi connectivity index (χ0n) is 11.1. The maximum atomic E-state index is 12.0. The molecule has 0 radical (unpaired) electrons. The standard InChI is InChI=1S/C14H14Cl2N2OS/c1-18(2)10-5-3-9(4-6-10)8-17-14(19)11-7-12(15)20-13(11)16/h3-7H,8H2,1-2H3,(H,17,19). The van der Waals surface area contributed by atoms with Crippen molar-refractivity contribution in [3.63, 3.8) is 0 Å². The molecule has 3 nitrogen and oxygen atoms in total. The summed E-state index contributed by atoms with van der Waals surface area (Å²) in [6.07, 6.45) is 0. The monoisotopic (exact) mass is 328 g/mol. The molecular formula is C14H14Cl2N2OS. The Morgan fingerprint density at radius 1 is 1.25 bits per heavy atom. The first-order valence-corrected chi connectivity index (χ1v) is 7.54. The number of halogens is 2. The van der Waals surface area contributed by atoms with Gasteiger partial charge in [-0.1, -0.05) is 35.3 Å². The summed E-state index contributed by atoms with van der Waals surface area (Å²) in [4.78, 5) is 14.0. The molecule has 0 spiro atoms. The molecule has 0 aliphatic rings. The lowest BCUT2D eigenvalue weighted by molar-refractivity contribution is 0.0951. The first kappa shape index (κ1) is 15.2. The van der Waals surface area contributed by atoms with Gasteiger partial charge in [-0.15, -0.1) is 11.3 Å². The van der Waals surface area contributed by atoms with Gasteiger partial charge in [0.1, 0.15) is 4.34 Å². The average molecular weight is 329 g/mol. The first-order chi connectivity index (χ1) is 9.47. The van der Waals surface area contributed by atoms with E-state index in [0.29, 0.717) is 20.8 Å². The molecule has 20 heavy (non-hydrogen) atoms. The number of nitrogens with one attached hydrogen (secondary N) is 1. The molecule has 2 aromatic rings. The van der Waals surface area contributed by atoms with Gasteiger partial charge in [-0.2, -0.15) is 0 Å². The van der Waals surface area contributed by atoms with E-state index in [-0.39, 0.29) is 5.91 Å². The van der Waals surface area contributed by atoms with Gasteiger partial charge in [0.05, 0.1) is 9.90 Å². The number of anilines is 1.